The highest BCUT2D eigenvalue weighted by Crippen LogP contribution is 2.19. The summed E-state index contributed by atoms with van der Waals surface area (Å²) >= 11 is 9.33. The molecule has 0 aliphatic heterocycles. The highest BCUT2D eigenvalue weighted by Gasteiger charge is 2.14. The summed E-state index contributed by atoms with van der Waals surface area (Å²) in [6.45, 7) is 0.236. The van der Waals surface area contributed by atoms with E-state index >= 15 is 0 Å². The van der Waals surface area contributed by atoms with E-state index in [2.05, 4.69) is 21.2 Å². The van der Waals surface area contributed by atoms with Crippen molar-refractivity contribution in [3.8, 4) is 0 Å². The van der Waals surface area contributed by atoms with Gasteiger partial charge in [0.05, 0.1) is 10.9 Å². The monoisotopic (exact) mass is 355 g/mol. The average molecular weight is 357 g/mol. The molecule has 2 aromatic carbocycles. The number of amides is 1. The van der Waals surface area contributed by atoms with Crippen molar-refractivity contribution < 1.29 is 9.18 Å². The van der Waals surface area contributed by atoms with Gasteiger partial charge in [0.15, 0.2) is 0 Å². The fraction of sp³-hybridized carbons (Fsp3) is 0.133. The van der Waals surface area contributed by atoms with Crippen LogP contribution in [0.15, 0.2) is 53.0 Å². The van der Waals surface area contributed by atoms with Crippen molar-refractivity contribution in [2.24, 2.45) is 0 Å². The Morgan fingerprint density at radius 1 is 1.25 bits per heavy atom. The van der Waals surface area contributed by atoms with Crippen LogP contribution in [0.3, 0.4) is 0 Å². The van der Waals surface area contributed by atoms with Gasteiger partial charge in [-0.15, -0.1) is 11.6 Å². The minimum atomic E-state index is -0.567. The summed E-state index contributed by atoms with van der Waals surface area (Å²) in [7, 11) is 0. The molecule has 0 spiro atoms. The largest absolute Gasteiger partial charge is 0.350 e. The number of rotatable bonds is 4. The maximum absolute atomic E-state index is 13.6. The van der Waals surface area contributed by atoms with Crippen molar-refractivity contribution in [2.75, 3.05) is 6.54 Å². The van der Waals surface area contributed by atoms with Gasteiger partial charge < -0.3 is 5.32 Å². The van der Waals surface area contributed by atoms with Gasteiger partial charge in [0, 0.05) is 11.0 Å². The zero-order valence-electron chi connectivity index (χ0n) is 10.4. The van der Waals surface area contributed by atoms with Crippen molar-refractivity contribution in [1.82, 2.24) is 5.32 Å². The van der Waals surface area contributed by atoms with Crippen LogP contribution in [0.25, 0.3) is 0 Å². The van der Waals surface area contributed by atoms with E-state index in [1.165, 1.54) is 12.1 Å². The Kier molecular flexibility index (Phi) is 5.15. The lowest BCUT2D eigenvalue weighted by Gasteiger charge is -2.11. The van der Waals surface area contributed by atoms with Crippen molar-refractivity contribution in [3.63, 3.8) is 0 Å². The summed E-state index contributed by atoms with van der Waals surface area (Å²) in [5.74, 6) is -1.04. The highest BCUT2D eigenvalue weighted by atomic mass is 79.9. The lowest BCUT2D eigenvalue weighted by Crippen LogP contribution is -2.27. The summed E-state index contributed by atoms with van der Waals surface area (Å²) in [6.07, 6.45) is 0. The SMILES string of the molecule is O=C(NCC(Cl)c1ccccc1)c1ccc(Br)cc1F. The van der Waals surface area contributed by atoms with Gasteiger partial charge in [0.25, 0.3) is 5.91 Å². The van der Waals surface area contributed by atoms with Crippen LogP contribution in [-0.4, -0.2) is 12.5 Å². The van der Waals surface area contributed by atoms with Crippen LogP contribution in [0.4, 0.5) is 4.39 Å². The van der Waals surface area contributed by atoms with Crippen LogP contribution in [-0.2, 0) is 0 Å². The van der Waals surface area contributed by atoms with Crippen molar-refractivity contribution >= 4 is 33.4 Å². The third-order valence-electron chi connectivity index (χ3n) is 2.78. The molecule has 0 fully saturated rings. The highest BCUT2D eigenvalue weighted by molar-refractivity contribution is 9.10. The molecular weight excluding hydrogens is 345 g/mol. The van der Waals surface area contributed by atoms with E-state index in [0.717, 1.165) is 5.56 Å². The Balaban J connectivity index is 1.99. The van der Waals surface area contributed by atoms with Gasteiger partial charge in [-0.25, -0.2) is 4.39 Å². The molecule has 0 saturated carbocycles. The quantitative estimate of drug-likeness (QED) is 0.813. The number of nitrogens with one attached hydrogen (secondary N) is 1. The van der Waals surface area contributed by atoms with E-state index in [9.17, 15) is 9.18 Å². The molecule has 1 unspecified atom stereocenters. The van der Waals surface area contributed by atoms with E-state index in [4.69, 9.17) is 11.6 Å². The molecule has 5 heteroatoms. The van der Waals surface area contributed by atoms with Gasteiger partial charge in [-0.3, -0.25) is 4.79 Å². The molecule has 0 aliphatic carbocycles. The molecule has 0 bridgehead atoms. The molecule has 1 N–H and O–H groups in total. The molecule has 20 heavy (non-hydrogen) atoms. The molecule has 2 nitrogen and oxygen atoms in total. The van der Waals surface area contributed by atoms with Gasteiger partial charge in [-0.05, 0) is 23.8 Å². The summed E-state index contributed by atoms with van der Waals surface area (Å²) in [5, 5.41) is 2.28. The molecule has 0 radical (unpaired) electrons. The number of carbonyl (C=O) groups is 1. The number of hydrogen-bond donors (Lipinski definition) is 1. The second kappa shape index (κ2) is 6.86. The predicted molar refractivity (Wildman–Crippen MR) is 81.5 cm³/mol. The number of alkyl halides is 1. The van der Waals surface area contributed by atoms with Gasteiger partial charge in [-0.1, -0.05) is 46.3 Å². The van der Waals surface area contributed by atoms with Gasteiger partial charge in [-0.2, -0.15) is 0 Å². The third kappa shape index (κ3) is 3.81. The normalized spacial score (nSPS) is 11.9. The molecule has 0 saturated heterocycles. The summed E-state index contributed by atoms with van der Waals surface area (Å²) in [5.41, 5.74) is 0.913. The first-order valence-corrected chi connectivity index (χ1v) is 7.23. The summed E-state index contributed by atoms with van der Waals surface area (Å²) in [6, 6.07) is 13.7. The third-order valence-corrected chi connectivity index (χ3v) is 3.68. The van der Waals surface area contributed by atoms with Crippen LogP contribution < -0.4 is 5.32 Å². The van der Waals surface area contributed by atoms with Crippen LogP contribution in [0.2, 0.25) is 0 Å². The fourth-order valence-electron chi connectivity index (χ4n) is 1.73. The molecule has 0 aliphatic rings. The van der Waals surface area contributed by atoms with Crippen LogP contribution >= 0.6 is 27.5 Å². The van der Waals surface area contributed by atoms with Gasteiger partial charge >= 0.3 is 0 Å². The molecular formula is C15H12BrClFNO. The number of halogens is 3. The zero-order chi connectivity index (χ0) is 14.5. The topological polar surface area (TPSA) is 29.1 Å². The molecule has 0 aromatic heterocycles. The molecule has 104 valence electrons. The first-order valence-electron chi connectivity index (χ1n) is 6.00. The first kappa shape index (κ1) is 15.0. The minimum absolute atomic E-state index is 0.00475. The lowest BCUT2D eigenvalue weighted by atomic mass is 10.1. The fourth-order valence-corrected chi connectivity index (χ4v) is 2.29. The summed E-state index contributed by atoms with van der Waals surface area (Å²) in [4.78, 5) is 11.9. The Labute approximate surface area is 130 Å². The molecule has 1 atom stereocenters. The standard InChI is InChI=1S/C15H12BrClFNO/c16-11-6-7-12(14(18)8-11)15(20)19-9-13(17)10-4-2-1-3-5-10/h1-8,13H,9H2,(H,19,20). The molecule has 1 amide bonds. The van der Waals surface area contributed by atoms with E-state index in [-0.39, 0.29) is 17.5 Å². The van der Waals surface area contributed by atoms with Crippen LogP contribution in [0, 0.1) is 5.82 Å². The predicted octanol–water partition coefficient (Wildman–Crippen LogP) is 4.30. The Hall–Kier alpha value is -1.39. The van der Waals surface area contributed by atoms with E-state index in [1.54, 1.807) is 6.07 Å². The molecule has 2 rings (SSSR count). The molecule has 2 aromatic rings. The number of benzene rings is 2. The second-order valence-corrected chi connectivity index (χ2v) is 5.65. The van der Waals surface area contributed by atoms with Crippen molar-refractivity contribution in [3.05, 3.63) is 69.9 Å². The van der Waals surface area contributed by atoms with Crippen molar-refractivity contribution in [2.45, 2.75) is 5.38 Å². The Morgan fingerprint density at radius 3 is 2.60 bits per heavy atom. The Bertz CT molecular complexity index is 606. The summed E-state index contributed by atoms with van der Waals surface area (Å²) < 4.78 is 14.2. The zero-order valence-corrected chi connectivity index (χ0v) is 12.8. The minimum Gasteiger partial charge on any atom is -0.350 e. The van der Waals surface area contributed by atoms with Gasteiger partial charge in [0.1, 0.15) is 5.82 Å². The van der Waals surface area contributed by atoms with E-state index in [1.807, 2.05) is 30.3 Å². The number of carbonyl (C=O) groups excluding carboxylic acids is 1. The second-order valence-electron chi connectivity index (χ2n) is 4.21. The lowest BCUT2D eigenvalue weighted by molar-refractivity contribution is 0.0949. The van der Waals surface area contributed by atoms with E-state index in [0.29, 0.717) is 4.47 Å². The first-order chi connectivity index (χ1) is 9.58. The number of hydrogen-bond acceptors (Lipinski definition) is 1. The van der Waals surface area contributed by atoms with Gasteiger partial charge in [0.2, 0.25) is 0 Å². The maximum atomic E-state index is 13.6. The van der Waals surface area contributed by atoms with E-state index < -0.39 is 11.7 Å². The molecule has 0 heterocycles. The maximum Gasteiger partial charge on any atom is 0.254 e. The smallest absolute Gasteiger partial charge is 0.254 e. The van der Waals surface area contributed by atoms with Crippen molar-refractivity contribution in [1.29, 1.82) is 0 Å². The van der Waals surface area contributed by atoms with Crippen LogP contribution in [0.5, 0.6) is 0 Å². The average Bonchev–Trinajstić information content (AvgIpc) is 2.45. The Morgan fingerprint density at radius 2 is 1.95 bits per heavy atom. The van der Waals surface area contributed by atoms with Crippen LogP contribution in [0.1, 0.15) is 21.3 Å².